The summed E-state index contributed by atoms with van der Waals surface area (Å²) in [5.41, 5.74) is 15.7. The van der Waals surface area contributed by atoms with Crippen LogP contribution in [0.1, 0.15) is 70.5 Å². The molecule has 5 aromatic carbocycles. The van der Waals surface area contributed by atoms with Crippen LogP contribution < -0.4 is 0 Å². The third-order valence-electron chi connectivity index (χ3n) is 8.04. The summed E-state index contributed by atoms with van der Waals surface area (Å²) in [6, 6.07) is 43.0. The van der Waals surface area contributed by atoms with Gasteiger partial charge in [-0.3, -0.25) is 0 Å². The SMILES string of the molecule is CC(C)c1c(C2c3ccccc3-c3ccccc32)cccc1C1c2ccccc2-c2ccccc21. The minimum Gasteiger partial charge on any atom is -0.0619 e. The predicted octanol–water partition coefficient (Wildman–Crippen LogP) is 9.13. The molecule has 0 spiro atoms. The molecule has 0 radical (unpaired) electrons. The van der Waals surface area contributed by atoms with Crippen LogP contribution in [0.15, 0.2) is 115 Å². The van der Waals surface area contributed by atoms with Crippen molar-refractivity contribution in [3.8, 4) is 22.3 Å². The highest BCUT2D eigenvalue weighted by molar-refractivity contribution is 5.83. The highest BCUT2D eigenvalue weighted by atomic mass is 14.4. The van der Waals surface area contributed by atoms with Crippen molar-refractivity contribution >= 4 is 0 Å². The first-order valence-corrected chi connectivity index (χ1v) is 12.7. The average Bonchev–Trinajstić information content (AvgIpc) is 3.41. The molecular weight excluding hydrogens is 420 g/mol. The molecule has 5 aromatic rings. The van der Waals surface area contributed by atoms with Gasteiger partial charge >= 0.3 is 0 Å². The first-order valence-electron chi connectivity index (χ1n) is 12.7. The Kier molecular flexibility index (Phi) is 4.57. The van der Waals surface area contributed by atoms with Crippen LogP contribution in [0.4, 0.5) is 0 Å². The Balaban J connectivity index is 1.50. The van der Waals surface area contributed by atoms with Gasteiger partial charge < -0.3 is 0 Å². The number of hydrogen-bond acceptors (Lipinski definition) is 0. The summed E-state index contributed by atoms with van der Waals surface area (Å²) >= 11 is 0. The molecule has 0 aromatic heterocycles. The normalized spacial score (nSPS) is 14.0. The van der Waals surface area contributed by atoms with Crippen LogP contribution in [0.5, 0.6) is 0 Å². The summed E-state index contributed by atoms with van der Waals surface area (Å²) in [6.45, 7) is 4.73. The number of hydrogen-bond donors (Lipinski definition) is 0. The van der Waals surface area contributed by atoms with Crippen LogP contribution in [0.3, 0.4) is 0 Å². The topological polar surface area (TPSA) is 0 Å². The van der Waals surface area contributed by atoms with Crippen molar-refractivity contribution in [3.05, 3.63) is 154 Å². The second kappa shape index (κ2) is 7.82. The van der Waals surface area contributed by atoms with Gasteiger partial charge in [0.15, 0.2) is 0 Å². The van der Waals surface area contributed by atoms with Gasteiger partial charge in [-0.2, -0.15) is 0 Å². The summed E-state index contributed by atoms with van der Waals surface area (Å²) in [5.74, 6) is 0.958. The predicted molar refractivity (Wildman–Crippen MR) is 146 cm³/mol. The van der Waals surface area contributed by atoms with E-state index in [4.69, 9.17) is 0 Å². The molecule has 7 rings (SSSR count). The fourth-order valence-electron chi connectivity index (χ4n) is 6.75. The summed E-state index contributed by atoms with van der Waals surface area (Å²) < 4.78 is 0. The summed E-state index contributed by atoms with van der Waals surface area (Å²) in [4.78, 5) is 0. The molecule has 0 fully saturated rings. The van der Waals surface area contributed by atoms with Crippen LogP contribution in [0, 0.1) is 0 Å². The van der Waals surface area contributed by atoms with Crippen molar-refractivity contribution in [2.75, 3.05) is 0 Å². The zero-order valence-electron chi connectivity index (χ0n) is 20.2. The minimum absolute atomic E-state index is 0.270. The molecule has 168 valence electrons. The molecule has 2 aliphatic carbocycles. The van der Waals surface area contributed by atoms with Crippen LogP contribution in [0.25, 0.3) is 22.3 Å². The highest BCUT2D eigenvalue weighted by Gasteiger charge is 2.35. The lowest BCUT2D eigenvalue weighted by atomic mass is 9.76. The van der Waals surface area contributed by atoms with Crippen molar-refractivity contribution in [3.63, 3.8) is 0 Å². The van der Waals surface area contributed by atoms with Gasteiger partial charge in [-0.25, -0.2) is 0 Å². The summed E-state index contributed by atoms with van der Waals surface area (Å²) in [5, 5.41) is 0. The van der Waals surface area contributed by atoms with Gasteiger partial charge in [0.05, 0.1) is 0 Å². The van der Waals surface area contributed by atoms with Crippen molar-refractivity contribution in [2.45, 2.75) is 31.6 Å². The van der Waals surface area contributed by atoms with Crippen LogP contribution in [0.2, 0.25) is 0 Å². The largest absolute Gasteiger partial charge is 0.0619 e. The second-order valence-corrected chi connectivity index (χ2v) is 10.2. The Morgan fingerprint density at radius 2 is 0.657 bits per heavy atom. The van der Waals surface area contributed by atoms with E-state index in [9.17, 15) is 0 Å². The molecule has 0 aliphatic heterocycles. The fourth-order valence-corrected chi connectivity index (χ4v) is 6.75. The van der Waals surface area contributed by atoms with Gasteiger partial charge in [-0.1, -0.05) is 129 Å². The maximum atomic E-state index is 2.38. The van der Waals surface area contributed by atoms with E-state index in [0.29, 0.717) is 5.92 Å². The molecule has 0 nitrogen and oxygen atoms in total. The third-order valence-corrected chi connectivity index (χ3v) is 8.04. The molecule has 0 heteroatoms. The Labute approximate surface area is 207 Å². The number of fused-ring (bicyclic) bond motifs is 6. The van der Waals surface area contributed by atoms with E-state index in [1.54, 1.807) is 0 Å². The maximum absolute atomic E-state index is 2.38. The molecule has 0 saturated heterocycles. The maximum Gasteiger partial charge on any atom is 0.0355 e. The van der Waals surface area contributed by atoms with Gasteiger partial charge in [0, 0.05) is 11.8 Å². The second-order valence-electron chi connectivity index (χ2n) is 10.2. The van der Waals surface area contributed by atoms with Crippen molar-refractivity contribution < 1.29 is 0 Å². The molecule has 0 N–H and O–H groups in total. The molecule has 35 heavy (non-hydrogen) atoms. The van der Waals surface area contributed by atoms with E-state index >= 15 is 0 Å². The smallest absolute Gasteiger partial charge is 0.0355 e. The summed E-state index contributed by atoms with van der Waals surface area (Å²) in [7, 11) is 0. The number of rotatable bonds is 3. The third kappa shape index (κ3) is 2.93. The highest BCUT2D eigenvalue weighted by Crippen LogP contribution is 2.53. The van der Waals surface area contributed by atoms with Gasteiger partial charge in [-0.05, 0) is 67.1 Å². The Morgan fingerprint density at radius 1 is 0.371 bits per heavy atom. The Hall–Kier alpha value is -3.90. The van der Waals surface area contributed by atoms with E-state index in [-0.39, 0.29) is 11.8 Å². The Bertz CT molecular complexity index is 1380. The molecule has 0 atom stereocenters. The van der Waals surface area contributed by atoms with E-state index in [1.165, 1.54) is 61.2 Å². The number of benzene rings is 5. The fraction of sp³-hybridized carbons (Fsp3) is 0.143. The van der Waals surface area contributed by atoms with Crippen molar-refractivity contribution in [2.24, 2.45) is 0 Å². The molecule has 0 saturated carbocycles. The zero-order valence-corrected chi connectivity index (χ0v) is 20.2. The standard InChI is InChI=1S/C35H28/c1-22(2)33-31(34-27-16-7-3-12-23(27)24-13-4-8-17-28(24)34)20-11-21-32(33)35-29-18-9-5-14-25(29)26-15-6-10-19-30(26)35/h3-22,34-35H,1-2H3. The first-order chi connectivity index (χ1) is 17.2. The van der Waals surface area contributed by atoms with Crippen LogP contribution in [-0.2, 0) is 0 Å². The Morgan fingerprint density at radius 3 is 0.971 bits per heavy atom. The molecule has 2 aliphatic rings. The van der Waals surface area contributed by atoms with E-state index in [2.05, 4.69) is 129 Å². The van der Waals surface area contributed by atoms with Crippen LogP contribution >= 0.6 is 0 Å². The van der Waals surface area contributed by atoms with Gasteiger partial charge in [0.25, 0.3) is 0 Å². The minimum atomic E-state index is 0.270. The van der Waals surface area contributed by atoms with Gasteiger partial charge in [-0.15, -0.1) is 0 Å². The lowest BCUT2D eigenvalue weighted by Gasteiger charge is -2.27. The first kappa shape index (κ1) is 20.5. The average molecular weight is 449 g/mol. The zero-order chi connectivity index (χ0) is 23.5. The summed E-state index contributed by atoms with van der Waals surface area (Å²) in [6.07, 6.45) is 0. The van der Waals surface area contributed by atoms with E-state index in [0.717, 1.165) is 0 Å². The lowest BCUT2D eigenvalue weighted by Crippen LogP contribution is -2.11. The van der Waals surface area contributed by atoms with E-state index in [1.807, 2.05) is 0 Å². The molecule has 0 unspecified atom stereocenters. The molecule has 0 bridgehead atoms. The van der Waals surface area contributed by atoms with Gasteiger partial charge in [0.1, 0.15) is 0 Å². The molecule has 0 heterocycles. The lowest BCUT2D eigenvalue weighted by molar-refractivity contribution is 0.801. The molecule has 0 amide bonds. The monoisotopic (exact) mass is 448 g/mol. The molecular formula is C35H28. The van der Waals surface area contributed by atoms with Crippen molar-refractivity contribution in [1.29, 1.82) is 0 Å². The quantitative estimate of drug-likeness (QED) is 0.253. The van der Waals surface area contributed by atoms with E-state index < -0.39 is 0 Å². The van der Waals surface area contributed by atoms with Crippen LogP contribution in [-0.4, -0.2) is 0 Å². The van der Waals surface area contributed by atoms with Crippen molar-refractivity contribution in [1.82, 2.24) is 0 Å². The van der Waals surface area contributed by atoms with Gasteiger partial charge in [0.2, 0.25) is 0 Å².